The molecule has 1 aromatic carbocycles. The van der Waals surface area contributed by atoms with Gasteiger partial charge in [0.05, 0.1) is 6.61 Å². The van der Waals surface area contributed by atoms with Crippen LogP contribution in [-0.2, 0) is 11.3 Å². The van der Waals surface area contributed by atoms with Crippen LogP contribution in [0.3, 0.4) is 0 Å². The number of hydrogen-bond acceptors (Lipinski definition) is 4. The van der Waals surface area contributed by atoms with Gasteiger partial charge in [-0.05, 0) is 40.2 Å². The van der Waals surface area contributed by atoms with Gasteiger partial charge in [0.25, 0.3) is 0 Å². The summed E-state index contributed by atoms with van der Waals surface area (Å²) in [5, 5.41) is 3.47. The fourth-order valence-corrected chi connectivity index (χ4v) is 2.67. The van der Waals surface area contributed by atoms with Crippen molar-refractivity contribution in [2.24, 2.45) is 0 Å². The highest BCUT2D eigenvalue weighted by Crippen LogP contribution is 2.18. The molecule has 1 aliphatic rings. The van der Waals surface area contributed by atoms with Gasteiger partial charge in [-0.25, -0.2) is 4.79 Å². The third-order valence-electron chi connectivity index (χ3n) is 3.89. The Morgan fingerprint density at radius 2 is 2.00 bits per heavy atom. The normalized spacial score (nSPS) is 14.9. The summed E-state index contributed by atoms with van der Waals surface area (Å²) >= 11 is 0. The van der Waals surface area contributed by atoms with Crippen molar-refractivity contribution in [2.75, 3.05) is 26.2 Å². The Balaban J connectivity index is 1.79. The fraction of sp³-hybridized carbons (Fsp3) is 0.550. The number of rotatable bonds is 6. The Bertz CT molecular complexity index is 605. The second kappa shape index (κ2) is 8.90. The van der Waals surface area contributed by atoms with Crippen LogP contribution in [0.4, 0.5) is 4.79 Å². The summed E-state index contributed by atoms with van der Waals surface area (Å²) in [6.45, 7) is 11.2. The molecular formula is C20H30N2O3. The number of para-hydroxylation sites is 1. The molecule has 1 N–H and O–H groups in total. The van der Waals surface area contributed by atoms with Crippen LogP contribution >= 0.6 is 0 Å². The number of amides is 1. The van der Waals surface area contributed by atoms with Crippen LogP contribution in [0.15, 0.2) is 35.9 Å². The largest absolute Gasteiger partial charge is 0.494 e. The molecule has 1 amide bonds. The highest BCUT2D eigenvalue weighted by atomic mass is 16.6. The molecule has 0 unspecified atom stereocenters. The van der Waals surface area contributed by atoms with E-state index in [1.165, 1.54) is 5.57 Å². The van der Waals surface area contributed by atoms with Crippen LogP contribution in [0.2, 0.25) is 0 Å². The van der Waals surface area contributed by atoms with Crippen LogP contribution in [-0.4, -0.2) is 42.8 Å². The minimum atomic E-state index is -0.448. The van der Waals surface area contributed by atoms with Gasteiger partial charge in [-0.15, -0.1) is 0 Å². The molecule has 5 heteroatoms. The maximum Gasteiger partial charge on any atom is 0.410 e. The van der Waals surface area contributed by atoms with Gasteiger partial charge in [-0.1, -0.05) is 29.8 Å². The van der Waals surface area contributed by atoms with Crippen molar-refractivity contribution >= 4 is 6.09 Å². The molecule has 1 aliphatic heterocycles. The smallest absolute Gasteiger partial charge is 0.410 e. The molecule has 0 aromatic heterocycles. The van der Waals surface area contributed by atoms with E-state index in [1.54, 1.807) is 4.90 Å². The Labute approximate surface area is 151 Å². The molecule has 0 atom stereocenters. The molecule has 1 aromatic rings. The van der Waals surface area contributed by atoms with Gasteiger partial charge in [-0.2, -0.15) is 0 Å². The first-order chi connectivity index (χ1) is 11.9. The van der Waals surface area contributed by atoms with Gasteiger partial charge < -0.3 is 19.7 Å². The van der Waals surface area contributed by atoms with E-state index in [9.17, 15) is 4.79 Å². The van der Waals surface area contributed by atoms with Crippen LogP contribution in [0.1, 0.15) is 39.7 Å². The third kappa shape index (κ3) is 6.42. The lowest BCUT2D eigenvalue weighted by Gasteiger charge is -2.29. The molecule has 0 aliphatic carbocycles. The molecule has 0 radical (unpaired) electrons. The van der Waals surface area contributed by atoms with Crippen molar-refractivity contribution in [3.63, 3.8) is 0 Å². The van der Waals surface area contributed by atoms with Crippen molar-refractivity contribution in [1.29, 1.82) is 0 Å². The van der Waals surface area contributed by atoms with Gasteiger partial charge in [-0.3, -0.25) is 0 Å². The van der Waals surface area contributed by atoms with Gasteiger partial charge in [0, 0.05) is 31.7 Å². The van der Waals surface area contributed by atoms with Gasteiger partial charge in [0.1, 0.15) is 11.4 Å². The number of hydrogen-bond donors (Lipinski definition) is 1. The zero-order valence-corrected chi connectivity index (χ0v) is 15.8. The van der Waals surface area contributed by atoms with E-state index in [0.29, 0.717) is 19.7 Å². The lowest BCUT2D eigenvalue weighted by Crippen LogP contribution is -2.39. The van der Waals surface area contributed by atoms with Crippen molar-refractivity contribution in [3.8, 4) is 5.75 Å². The lowest BCUT2D eigenvalue weighted by molar-refractivity contribution is 0.0265. The number of nitrogens with zero attached hydrogens (tertiary/aromatic N) is 1. The first-order valence-electron chi connectivity index (χ1n) is 8.96. The van der Waals surface area contributed by atoms with Crippen LogP contribution in [0.25, 0.3) is 0 Å². The maximum atomic E-state index is 12.1. The Morgan fingerprint density at radius 3 is 2.64 bits per heavy atom. The summed E-state index contributed by atoms with van der Waals surface area (Å²) in [4.78, 5) is 13.8. The Morgan fingerprint density at radius 1 is 1.24 bits per heavy atom. The van der Waals surface area contributed by atoms with Crippen molar-refractivity contribution in [2.45, 2.75) is 46.3 Å². The minimum Gasteiger partial charge on any atom is -0.494 e. The topological polar surface area (TPSA) is 50.8 Å². The second-order valence-electron chi connectivity index (χ2n) is 7.18. The predicted molar refractivity (Wildman–Crippen MR) is 99.8 cm³/mol. The summed E-state index contributed by atoms with van der Waals surface area (Å²) in [5.41, 5.74) is 2.04. The zero-order valence-electron chi connectivity index (χ0n) is 15.8. The molecule has 0 saturated carbocycles. The highest BCUT2D eigenvalue weighted by molar-refractivity contribution is 5.68. The summed E-state index contributed by atoms with van der Waals surface area (Å²) in [6.07, 6.45) is 2.76. The van der Waals surface area contributed by atoms with Gasteiger partial charge >= 0.3 is 6.09 Å². The van der Waals surface area contributed by atoms with E-state index < -0.39 is 5.60 Å². The molecular weight excluding hydrogens is 316 g/mol. The van der Waals surface area contributed by atoms with Crippen molar-refractivity contribution in [1.82, 2.24) is 10.2 Å². The molecule has 138 valence electrons. The van der Waals surface area contributed by atoms with E-state index in [1.807, 2.05) is 45.9 Å². The molecule has 0 spiro atoms. The Kier molecular flexibility index (Phi) is 6.88. The summed E-state index contributed by atoms with van der Waals surface area (Å²) < 4.78 is 11.1. The van der Waals surface area contributed by atoms with E-state index in [0.717, 1.165) is 30.8 Å². The molecule has 1 heterocycles. The van der Waals surface area contributed by atoms with E-state index in [4.69, 9.17) is 9.47 Å². The van der Waals surface area contributed by atoms with E-state index >= 15 is 0 Å². The third-order valence-corrected chi connectivity index (χ3v) is 3.89. The number of nitrogens with one attached hydrogen (secondary N) is 1. The quantitative estimate of drug-likeness (QED) is 0.797. The minimum absolute atomic E-state index is 0.235. The number of carbonyl (C=O) groups is 1. The SMILES string of the molecule is CCOc1ccccc1CNCC1=CCN(C(=O)OC(C)(C)C)CC1. The standard InChI is InChI=1S/C20H30N2O3/c1-5-24-18-9-7-6-8-17(18)15-21-14-16-10-12-22(13-11-16)19(23)25-20(2,3)4/h6-10,21H,5,11-15H2,1-4H3. The second-order valence-corrected chi connectivity index (χ2v) is 7.18. The van der Waals surface area contributed by atoms with Gasteiger partial charge in [0.15, 0.2) is 0 Å². The van der Waals surface area contributed by atoms with Crippen LogP contribution < -0.4 is 10.1 Å². The van der Waals surface area contributed by atoms with E-state index in [-0.39, 0.29) is 6.09 Å². The van der Waals surface area contributed by atoms with Crippen molar-refractivity contribution < 1.29 is 14.3 Å². The number of carbonyl (C=O) groups excluding carboxylic acids is 1. The lowest BCUT2D eigenvalue weighted by atomic mass is 10.1. The molecule has 0 bridgehead atoms. The summed E-state index contributed by atoms with van der Waals surface area (Å²) in [5.74, 6) is 0.936. The Hall–Kier alpha value is -2.01. The van der Waals surface area contributed by atoms with Crippen molar-refractivity contribution in [3.05, 3.63) is 41.5 Å². The molecule has 2 rings (SSSR count). The maximum absolute atomic E-state index is 12.1. The average Bonchev–Trinajstić information content (AvgIpc) is 2.56. The predicted octanol–water partition coefficient (Wildman–Crippen LogP) is 3.74. The number of benzene rings is 1. The monoisotopic (exact) mass is 346 g/mol. The molecule has 0 saturated heterocycles. The first-order valence-corrected chi connectivity index (χ1v) is 8.96. The highest BCUT2D eigenvalue weighted by Gasteiger charge is 2.23. The molecule has 0 fully saturated rings. The first kappa shape index (κ1) is 19.3. The fourth-order valence-electron chi connectivity index (χ4n) is 2.67. The van der Waals surface area contributed by atoms with Gasteiger partial charge in [0.2, 0.25) is 0 Å². The average molecular weight is 346 g/mol. The summed E-state index contributed by atoms with van der Waals surface area (Å²) in [7, 11) is 0. The number of ether oxygens (including phenoxy) is 2. The van der Waals surface area contributed by atoms with Crippen LogP contribution in [0, 0.1) is 0 Å². The van der Waals surface area contributed by atoms with E-state index in [2.05, 4.69) is 17.5 Å². The molecule has 5 nitrogen and oxygen atoms in total. The van der Waals surface area contributed by atoms with Crippen LogP contribution in [0.5, 0.6) is 5.75 Å². The summed E-state index contributed by atoms with van der Waals surface area (Å²) in [6, 6.07) is 8.10. The zero-order chi connectivity index (χ0) is 18.3. The molecule has 25 heavy (non-hydrogen) atoms.